The molecule has 0 amide bonds. The third-order valence-electron chi connectivity index (χ3n) is 5.15. The first-order chi connectivity index (χ1) is 16.1. The van der Waals surface area contributed by atoms with Crippen LogP contribution >= 0.6 is 0 Å². The van der Waals surface area contributed by atoms with Gasteiger partial charge >= 0.3 is 11.7 Å². The number of aliphatic hydroxyl groups is 2. The summed E-state index contributed by atoms with van der Waals surface area (Å²) in [5.41, 5.74) is -3.19. The third kappa shape index (κ3) is 6.08. The molecule has 0 aliphatic rings. The van der Waals surface area contributed by atoms with Gasteiger partial charge in [0.05, 0.1) is 27.9 Å². The Morgan fingerprint density at radius 3 is 2.29 bits per heavy atom. The number of alkyl halides is 3. The van der Waals surface area contributed by atoms with Crippen LogP contribution in [0.1, 0.15) is 19.4 Å². The highest BCUT2D eigenvalue weighted by molar-refractivity contribution is 7.90. The lowest BCUT2D eigenvalue weighted by Gasteiger charge is -2.24. The highest BCUT2D eigenvalue weighted by Crippen LogP contribution is 2.31. The van der Waals surface area contributed by atoms with Crippen LogP contribution < -0.4 is 10.3 Å². The van der Waals surface area contributed by atoms with Gasteiger partial charge in [0.25, 0.3) is 0 Å². The largest absolute Gasteiger partial charge is 0.484 e. The predicted octanol–water partition coefficient (Wildman–Crippen LogP) is 2.83. The van der Waals surface area contributed by atoms with Gasteiger partial charge in [0.2, 0.25) is 0 Å². The van der Waals surface area contributed by atoms with Crippen molar-refractivity contribution in [1.29, 1.82) is 0 Å². The average molecular weight is 513 g/mol. The smallest absolute Gasteiger partial charge is 0.416 e. The average Bonchev–Trinajstić information content (AvgIpc) is 2.76. The number of nitrogens with zero attached hydrogens (tertiary/aromatic N) is 2. The van der Waals surface area contributed by atoms with Crippen molar-refractivity contribution < 1.29 is 36.5 Å². The summed E-state index contributed by atoms with van der Waals surface area (Å²) in [6.45, 7) is 2.15. The van der Waals surface area contributed by atoms with Gasteiger partial charge in [-0.2, -0.15) is 23.0 Å². The van der Waals surface area contributed by atoms with E-state index in [-0.39, 0.29) is 21.9 Å². The van der Waals surface area contributed by atoms with Gasteiger partial charge < -0.3 is 14.9 Å². The van der Waals surface area contributed by atoms with Crippen LogP contribution in [0.2, 0.25) is 0 Å². The first kappa shape index (κ1) is 26.4. The number of hydrogen-bond donors (Lipinski definition) is 2. The fourth-order valence-corrected chi connectivity index (χ4v) is 3.66. The van der Waals surface area contributed by atoms with Crippen LogP contribution in [0.3, 0.4) is 0 Å². The van der Waals surface area contributed by atoms with E-state index in [0.29, 0.717) is 5.56 Å². The number of sulfone groups is 1. The number of hydrogen-bond acceptors (Lipinski definition) is 7. The van der Waals surface area contributed by atoms with Crippen LogP contribution in [-0.4, -0.2) is 53.0 Å². The Morgan fingerprint density at radius 1 is 1.11 bits per heavy atom. The van der Waals surface area contributed by atoms with Gasteiger partial charge in [0, 0.05) is 11.8 Å². The van der Waals surface area contributed by atoms with Gasteiger partial charge in [-0.3, -0.25) is 4.79 Å². The highest BCUT2D eigenvalue weighted by atomic mass is 32.2. The molecule has 2 N–H and O–H groups in total. The second kappa shape index (κ2) is 9.44. The molecule has 3 aromatic rings. The number of rotatable bonds is 7. The SMILES string of the molecule is CC(C)(O)[C@H](O)COc1c(-c2ccc(S(C)(=O)=O)cc2)cnn(-c2cccc(C(F)(F)F)c2)c1=O. The van der Waals surface area contributed by atoms with Gasteiger partial charge in [-0.05, 0) is 49.7 Å². The monoisotopic (exact) mass is 512 g/mol. The lowest BCUT2D eigenvalue weighted by Crippen LogP contribution is -2.40. The molecule has 1 aromatic heterocycles. The topological polar surface area (TPSA) is 119 Å². The molecule has 1 heterocycles. The zero-order valence-corrected chi connectivity index (χ0v) is 19.8. The van der Waals surface area contributed by atoms with Crippen LogP contribution in [-0.2, 0) is 16.0 Å². The first-order valence-electron chi connectivity index (χ1n) is 10.2. The molecule has 2 aromatic carbocycles. The van der Waals surface area contributed by atoms with Crippen molar-refractivity contribution in [3.05, 3.63) is 70.6 Å². The molecule has 3 rings (SSSR count). The summed E-state index contributed by atoms with van der Waals surface area (Å²) in [5, 5.41) is 24.1. The number of benzene rings is 2. The minimum atomic E-state index is -4.64. The number of ether oxygens (including phenoxy) is 1. The van der Waals surface area contributed by atoms with Crippen molar-refractivity contribution in [3.8, 4) is 22.6 Å². The Morgan fingerprint density at radius 2 is 1.74 bits per heavy atom. The number of aromatic nitrogens is 2. The van der Waals surface area contributed by atoms with E-state index < -0.39 is 45.4 Å². The van der Waals surface area contributed by atoms with Crippen LogP contribution in [0.5, 0.6) is 5.75 Å². The Bertz CT molecular complexity index is 1380. The second-order valence-corrected chi connectivity index (χ2v) is 10.4. The van der Waals surface area contributed by atoms with Gasteiger partial charge in [0.1, 0.15) is 12.7 Å². The molecule has 0 saturated heterocycles. The van der Waals surface area contributed by atoms with Crippen molar-refractivity contribution in [2.75, 3.05) is 12.9 Å². The number of aliphatic hydroxyl groups excluding tert-OH is 1. The molecule has 0 fully saturated rings. The van der Waals surface area contributed by atoms with Crippen molar-refractivity contribution in [1.82, 2.24) is 9.78 Å². The van der Waals surface area contributed by atoms with E-state index in [1.807, 2.05) is 0 Å². The van der Waals surface area contributed by atoms with Gasteiger partial charge in [-0.15, -0.1) is 0 Å². The second-order valence-electron chi connectivity index (χ2n) is 8.43. The molecule has 12 heteroatoms. The van der Waals surface area contributed by atoms with Gasteiger partial charge in [0.15, 0.2) is 15.6 Å². The van der Waals surface area contributed by atoms with Gasteiger partial charge in [-0.25, -0.2) is 8.42 Å². The molecule has 8 nitrogen and oxygen atoms in total. The summed E-state index contributed by atoms with van der Waals surface area (Å²) in [6, 6.07) is 9.47. The molecule has 35 heavy (non-hydrogen) atoms. The standard InChI is InChI=1S/C23H23F3N2O6S/c1-22(2,31)19(29)13-34-20-18(14-7-9-17(10-8-14)35(3,32)33)12-27-28(21(20)30)16-6-4-5-15(11-16)23(24,25)26/h4-12,19,29,31H,13H2,1-3H3/t19-/m1/s1. The van der Waals surface area contributed by atoms with Gasteiger partial charge in [-0.1, -0.05) is 18.2 Å². The summed E-state index contributed by atoms with van der Waals surface area (Å²) in [5.74, 6) is -0.354. The molecule has 1 atom stereocenters. The van der Waals surface area contributed by atoms with E-state index in [1.165, 1.54) is 50.4 Å². The van der Waals surface area contributed by atoms with E-state index in [2.05, 4.69) is 5.10 Å². The molecule has 0 saturated carbocycles. The summed E-state index contributed by atoms with van der Waals surface area (Å²) < 4.78 is 69.2. The molecule has 0 aliphatic heterocycles. The minimum Gasteiger partial charge on any atom is -0.484 e. The molecule has 188 valence electrons. The Hall–Kier alpha value is -3.22. The van der Waals surface area contributed by atoms with E-state index in [1.54, 1.807) is 0 Å². The van der Waals surface area contributed by atoms with E-state index >= 15 is 0 Å². The van der Waals surface area contributed by atoms with Crippen molar-refractivity contribution in [2.45, 2.75) is 36.6 Å². The predicted molar refractivity (Wildman–Crippen MR) is 121 cm³/mol. The minimum absolute atomic E-state index is 0.0337. The lowest BCUT2D eigenvalue weighted by molar-refractivity contribution is -0.137. The first-order valence-corrected chi connectivity index (χ1v) is 12.1. The molecule has 0 unspecified atom stereocenters. The Balaban J connectivity index is 2.14. The van der Waals surface area contributed by atoms with Crippen molar-refractivity contribution in [2.24, 2.45) is 0 Å². The summed E-state index contributed by atoms with van der Waals surface area (Å²) in [7, 11) is -3.48. The zero-order chi connectivity index (χ0) is 26.2. The quantitative estimate of drug-likeness (QED) is 0.500. The van der Waals surface area contributed by atoms with Crippen LogP contribution in [0, 0.1) is 0 Å². The van der Waals surface area contributed by atoms with E-state index in [4.69, 9.17) is 4.74 Å². The molecule has 0 radical (unpaired) electrons. The summed E-state index contributed by atoms with van der Waals surface area (Å²) >= 11 is 0. The molecular formula is C23H23F3N2O6S. The maximum Gasteiger partial charge on any atom is 0.416 e. The molecular weight excluding hydrogens is 489 g/mol. The maximum atomic E-state index is 13.3. The Kier molecular flexibility index (Phi) is 7.12. The van der Waals surface area contributed by atoms with E-state index in [0.717, 1.165) is 29.1 Å². The van der Waals surface area contributed by atoms with Crippen molar-refractivity contribution >= 4 is 9.84 Å². The van der Waals surface area contributed by atoms with Crippen molar-refractivity contribution in [3.63, 3.8) is 0 Å². The molecule has 0 aliphatic carbocycles. The fourth-order valence-electron chi connectivity index (χ4n) is 3.03. The Labute approximate surface area is 199 Å². The zero-order valence-electron chi connectivity index (χ0n) is 18.9. The normalized spacial score (nSPS) is 13.5. The van der Waals surface area contributed by atoms with Crippen LogP contribution in [0.25, 0.3) is 16.8 Å². The molecule has 0 spiro atoms. The number of halogens is 3. The third-order valence-corrected chi connectivity index (χ3v) is 6.27. The highest BCUT2D eigenvalue weighted by Gasteiger charge is 2.31. The summed E-state index contributed by atoms with van der Waals surface area (Å²) in [6.07, 6.45) is -3.83. The fraction of sp³-hybridized carbons (Fsp3) is 0.304. The lowest BCUT2D eigenvalue weighted by atomic mass is 10.0. The molecule has 0 bridgehead atoms. The van der Waals surface area contributed by atoms with Crippen LogP contribution in [0.15, 0.2) is 64.4 Å². The van der Waals surface area contributed by atoms with Crippen LogP contribution in [0.4, 0.5) is 13.2 Å². The maximum absolute atomic E-state index is 13.3. The summed E-state index contributed by atoms with van der Waals surface area (Å²) in [4.78, 5) is 13.3. The van der Waals surface area contributed by atoms with E-state index in [9.17, 15) is 36.6 Å².